The van der Waals surface area contributed by atoms with E-state index in [-0.39, 0.29) is 35.0 Å². The van der Waals surface area contributed by atoms with Gasteiger partial charge in [-0.15, -0.1) is 0 Å². The molecule has 1 atom stereocenters. The molecule has 0 radical (unpaired) electrons. The van der Waals surface area contributed by atoms with Crippen LogP contribution in [-0.2, 0) is 20.7 Å². The monoisotopic (exact) mass is 459 g/mol. The smallest absolute Gasteiger partial charge is 0.327 e. The van der Waals surface area contributed by atoms with Crippen molar-refractivity contribution in [3.8, 4) is 5.69 Å². The topological polar surface area (TPSA) is 88.3 Å². The van der Waals surface area contributed by atoms with Crippen molar-refractivity contribution >= 4 is 23.1 Å². The molecule has 3 aromatic rings. The SMILES string of the molecule is CCc1[nH]n(-c2ccccc2)c(=O)c1C1=C([n+]2cccc(C)c2)C(=O)N(CC2CCCO2)C1=O. The fraction of sp³-hybridized carbons (Fsp3) is 0.308. The van der Waals surface area contributed by atoms with Crippen molar-refractivity contribution in [2.24, 2.45) is 0 Å². The number of ether oxygens (including phenoxy) is 1. The highest BCUT2D eigenvalue weighted by molar-refractivity contribution is 6.44. The Morgan fingerprint density at radius 3 is 2.56 bits per heavy atom. The van der Waals surface area contributed by atoms with Crippen molar-refractivity contribution in [3.63, 3.8) is 0 Å². The summed E-state index contributed by atoms with van der Waals surface area (Å²) in [7, 11) is 0. The Labute approximate surface area is 197 Å². The second kappa shape index (κ2) is 8.87. The van der Waals surface area contributed by atoms with Crippen LogP contribution in [0.15, 0.2) is 59.7 Å². The number of imide groups is 1. The van der Waals surface area contributed by atoms with Crippen molar-refractivity contribution in [1.29, 1.82) is 0 Å². The van der Waals surface area contributed by atoms with E-state index in [4.69, 9.17) is 4.74 Å². The molecule has 1 aromatic carbocycles. The molecule has 1 saturated heterocycles. The Morgan fingerprint density at radius 2 is 1.88 bits per heavy atom. The summed E-state index contributed by atoms with van der Waals surface area (Å²) >= 11 is 0. The van der Waals surface area contributed by atoms with Gasteiger partial charge in [0.1, 0.15) is 5.57 Å². The molecule has 0 spiro atoms. The minimum Gasteiger partial charge on any atom is -0.376 e. The summed E-state index contributed by atoms with van der Waals surface area (Å²) in [6, 6.07) is 12.9. The molecule has 1 N–H and O–H groups in total. The number of nitrogens with one attached hydrogen (secondary N) is 1. The lowest BCUT2D eigenvalue weighted by atomic mass is 10.0. The Balaban J connectivity index is 1.70. The van der Waals surface area contributed by atoms with Gasteiger partial charge in [-0.1, -0.05) is 25.1 Å². The van der Waals surface area contributed by atoms with Crippen LogP contribution in [0.2, 0.25) is 0 Å². The van der Waals surface area contributed by atoms with Crippen molar-refractivity contribution in [2.75, 3.05) is 13.2 Å². The number of hydrogen-bond donors (Lipinski definition) is 1. The van der Waals surface area contributed by atoms with Gasteiger partial charge in [-0.3, -0.25) is 24.4 Å². The molecule has 0 bridgehead atoms. The summed E-state index contributed by atoms with van der Waals surface area (Å²) in [5, 5.41) is 3.15. The van der Waals surface area contributed by atoms with Crippen LogP contribution < -0.4 is 10.1 Å². The van der Waals surface area contributed by atoms with E-state index >= 15 is 0 Å². The van der Waals surface area contributed by atoms with Crippen molar-refractivity contribution in [1.82, 2.24) is 14.7 Å². The van der Waals surface area contributed by atoms with Gasteiger partial charge < -0.3 is 4.74 Å². The Morgan fingerprint density at radius 1 is 1.09 bits per heavy atom. The number of aromatic nitrogens is 3. The minimum absolute atomic E-state index is 0.131. The lowest BCUT2D eigenvalue weighted by Crippen LogP contribution is -2.42. The highest BCUT2D eigenvalue weighted by atomic mass is 16.5. The number of rotatable bonds is 6. The summed E-state index contributed by atoms with van der Waals surface area (Å²) in [6.07, 6.45) is 5.53. The number of aryl methyl sites for hydroxylation is 2. The Hall–Kier alpha value is -3.78. The van der Waals surface area contributed by atoms with E-state index in [1.165, 1.54) is 9.58 Å². The Kier molecular flexibility index (Phi) is 5.75. The first-order valence-corrected chi connectivity index (χ1v) is 11.6. The van der Waals surface area contributed by atoms with Crippen molar-refractivity contribution in [3.05, 3.63) is 82.0 Å². The third kappa shape index (κ3) is 3.70. The number of para-hydroxylation sites is 1. The van der Waals surface area contributed by atoms with Crippen LogP contribution in [0.3, 0.4) is 0 Å². The zero-order chi connectivity index (χ0) is 23.8. The predicted octanol–water partition coefficient (Wildman–Crippen LogP) is 2.24. The average molecular weight is 460 g/mol. The molecule has 8 heteroatoms. The average Bonchev–Trinajstić information content (AvgIpc) is 3.53. The summed E-state index contributed by atoms with van der Waals surface area (Å²) < 4.78 is 8.78. The number of hydrogen-bond acceptors (Lipinski definition) is 4. The van der Waals surface area contributed by atoms with E-state index < -0.39 is 11.8 Å². The molecule has 8 nitrogen and oxygen atoms in total. The number of carbonyl (C=O) groups excluding carboxylic acids is 2. The molecular formula is C26H27N4O4+. The highest BCUT2D eigenvalue weighted by Crippen LogP contribution is 2.31. The van der Waals surface area contributed by atoms with Gasteiger partial charge >= 0.3 is 5.91 Å². The van der Waals surface area contributed by atoms with Crippen LogP contribution in [0.4, 0.5) is 0 Å². The molecule has 34 heavy (non-hydrogen) atoms. The van der Waals surface area contributed by atoms with Gasteiger partial charge in [0.2, 0.25) is 0 Å². The quantitative estimate of drug-likeness (QED) is 0.452. The first kappa shape index (κ1) is 22.0. The summed E-state index contributed by atoms with van der Waals surface area (Å²) in [6.45, 7) is 4.63. The number of aromatic amines is 1. The van der Waals surface area contributed by atoms with Crippen molar-refractivity contribution < 1.29 is 18.9 Å². The molecule has 2 amide bonds. The van der Waals surface area contributed by atoms with Gasteiger partial charge in [-0.2, -0.15) is 4.57 Å². The second-order valence-corrected chi connectivity index (χ2v) is 8.66. The summed E-state index contributed by atoms with van der Waals surface area (Å²) in [5.74, 6) is -0.879. The molecule has 1 fully saturated rings. The molecule has 0 aliphatic carbocycles. The number of carbonyl (C=O) groups is 2. The fourth-order valence-electron chi connectivity index (χ4n) is 4.67. The van der Waals surface area contributed by atoms with Crippen LogP contribution in [0.1, 0.15) is 36.6 Å². The zero-order valence-corrected chi connectivity index (χ0v) is 19.3. The molecule has 1 unspecified atom stereocenters. The molecule has 2 aliphatic heterocycles. The zero-order valence-electron chi connectivity index (χ0n) is 19.3. The largest absolute Gasteiger partial charge is 0.376 e. The van der Waals surface area contributed by atoms with Crippen LogP contribution in [0.5, 0.6) is 0 Å². The number of nitrogens with zero attached hydrogens (tertiary/aromatic N) is 3. The summed E-state index contributed by atoms with van der Waals surface area (Å²) in [4.78, 5) is 42.3. The maximum Gasteiger partial charge on any atom is 0.327 e. The standard InChI is InChI=1S/C26H26N4O4/c1-3-20-21(25(32)30(27-20)18-10-5-4-6-11-18)22-23(28-13-7-9-17(2)15-28)26(33)29(24(22)31)16-19-12-8-14-34-19/h4-7,9-11,13,15,19H,3,8,12,14,16H2,1-2H3/p+1. The maximum atomic E-state index is 13.8. The van der Waals surface area contributed by atoms with Crippen LogP contribution in [-0.4, -0.2) is 45.8 Å². The highest BCUT2D eigenvalue weighted by Gasteiger charge is 2.48. The minimum atomic E-state index is -0.462. The Bertz CT molecular complexity index is 1350. The molecular weight excluding hydrogens is 432 g/mol. The third-order valence-corrected chi connectivity index (χ3v) is 6.34. The van der Waals surface area contributed by atoms with Crippen LogP contribution in [0.25, 0.3) is 17.0 Å². The fourth-order valence-corrected chi connectivity index (χ4v) is 4.67. The number of amides is 2. The van der Waals surface area contributed by atoms with Gasteiger partial charge in [-0.05, 0) is 44.4 Å². The lowest BCUT2D eigenvalue weighted by molar-refractivity contribution is -0.577. The van der Waals surface area contributed by atoms with Gasteiger partial charge in [0.05, 0.1) is 23.9 Å². The van der Waals surface area contributed by atoms with Crippen molar-refractivity contribution in [2.45, 2.75) is 39.2 Å². The molecule has 2 aliphatic rings. The van der Waals surface area contributed by atoms with E-state index in [0.717, 1.165) is 18.4 Å². The lowest BCUT2D eigenvalue weighted by Gasteiger charge is -2.18. The van der Waals surface area contributed by atoms with Crippen LogP contribution >= 0.6 is 0 Å². The van der Waals surface area contributed by atoms with Crippen LogP contribution in [0, 0.1) is 6.92 Å². The number of benzene rings is 1. The van der Waals surface area contributed by atoms with E-state index in [2.05, 4.69) is 5.10 Å². The van der Waals surface area contributed by atoms with Gasteiger partial charge in [0.15, 0.2) is 12.4 Å². The molecule has 4 heterocycles. The van der Waals surface area contributed by atoms with E-state index in [9.17, 15) is 14.4 Å². The second-order valence-electron chi connectivity index (χ2n) is 8.66. The number of pyridine rings is 1. The van der Waals surface area contributed by atoms with E-state index in [1.807, 2.05) is 56.3 Å². The summed E-state index contributed by atoms with van der Waals surface area (Å²) in [5.41, 5.74) is 2.40. The predicted molar refractivity (Wildman–Crippen MR) is 126 cm³/mol. The van der Waals surface area contributed by atoms with Gasteiger partial charge in [0.25, 0.3) is 17.2 Å². The van der Waals surface area contributed by atoms with Gasteiger partial charge in [-0.25, -0.2) is 4.68 Å². The van der Waals surface area contributed by atoms with Gasteiger partial charge in [0, 0.05) is 23.9 Å². The normalized spacial score (nSPS) is 18.4. The molecule has 174 valence electrons. The molecule has 5 rings (SSSR count). The number of H-pyrrole nitrogens is 1. The van der Waals surface area contributed by atoms with E-state index in [0.29, 0.717) is 24.4 Å². The first-order valence-electron chi connectivity index (χ1n) is 11.6. The molecule has 2 aromatic heterocycles. The first-order chi connectivity index (χ1) is 16.5. The maximum absolute atomic E-state index is 13.8. The third-order valence-electron chi connectivity index (χ3n) is 6.34. The molecule has 0 saturated carbocycles. The van der Waals surface area contributed by atoms with E-state index in [1.54, 1.807) is 17.0 Å².